The molecule has 0 bridgehead atoms. The molecule has 5 nitrogen and oxygen atoms in total. The summed E-state index contributed by atoms with van der Waals surface area (Å²) in [6.07, 6.45) is 1.38. The van der Waals surface area contributed by atoms with Crippen LogP contribution >= 0.6 is 12.2 Å². The highest BCUT2D eigenvalue weighted by Gasteiger charge is 2.58. The molecule has 21 heavy (non-hydrogen) atoms. The van der Waals surface area contributed by atoms with Crippen molar-refractivity contribution < 1.29 is 14.3 Å². The minimum absolute atomic E-state index is 0.00851. The number of hydrogen-bond donors (Lipinski definition) is 1. The Morgan fingerprint density at radius 1 is 1.24 bits per heavy atom. The molecule has 1 heterocycles. The lowest BCUT2D eigenvalue weighted by molar-refractivity contribution is -0.141. The molecular formula is C15H16N2O3S. The van der Waals surface area contributed by atoms with E-state index in [1.54, 1.807) is 24.3 Å². The normalized spacial score (nSPS) is 23.1. The van der Waals surface area contributed by atoms with Gasteiger partial charge >= 0.3 is 0 Å². The first kappa shape index (κ1) is 14.0. The van der Waals surface area contributed by atoms with Crippen molar-refractivity contribution in [3.63, 3.8) is 0 Å². The molecule has 1 saturated carbocycles. The largest absolute Gasteiger partial charge is 0.494 e. The number of nitrogens with two attached hydrogens (primary N) is 1. The summed E-state index contributed by atoms with van der Waals surface area (Å²) in [5, 5.41) is 0. The maximum Gasteiger partial charge on any atom is 0.233 e. The zero-order valence-corrected chi connectivity index (χ0v) is 12.3. The number of likely N-dealkylation sites (tertiary alicyclic amines) is 1. The van der Waals surface area contributed by atoms with E-state index in [0.29, 0.717) is 24.6 Å². The van der Waals surface area contributed by atoms with Gasteiger partial charge in [0.2, 0.25) is 11.8 Å². The molecule has 2 N–H and O–H groups in total. The predicted molar refractivity (Wildman–Crippen MR) is 80.8 cm³/mol. The van der Waals surface area contributed by atoms with Gasteiger partial charge in [-0.2, -0.15) is 0 Å². The van der Waals surface area contributed by atoms with Crippen molar-refractivity contribution >= 4 is 29.0 Å². The molecule has 2 fully saturated rings. The van der Waals surface area contributed by atoms with Crippen molar-refractivity contribution in [1.82, 2.24) is 4.90 Å². The number of fused-ring (bicyclic) bond motifs is 1. The molecule has 1 aromatic carbocycles. The molecule has 0 aromatic heterocycles. The summed E-state index contributed by atoms with van der Waals surface area (Å²) in [6, 6.07) is 7.21. The number of piperidine rings is 1. The summed E-state index contributed by atoms with van der Waals surface area (Å²) < 4.78 is 5.58. The number of benzene rings is 1. The Morgan fingerprint density at radius 3 is 2.43 bits per heavy atom. The number of carbonyl (C=O) groups excluding carboxylic acids is 2. The SMILES string of the molecule is NC(=S)c1ccc(OCCCN2C(=O)C3CC3C2=O)cc1. The number of thiocarbonyl (C=S) groups is 1. The standard InChI is InChI=1S/C15H16N2O3S/c16-13(21)9-2-4-10(5-3-9)20-7-1-6-17-14(18)11-8-12(11)15(17)19/h2-5,11-12H,1,6-8H2,(H2,16,21). The summed E-state index contributed by atoms with van der Waals surface area (Å²) in [5.74, 6) is 0.658. The highest BCUT2D eigenvalue weighted by Crippen LogP contribution is 2.46. The number of amides is 2. The average molecular weight is 304 g/mol. The summed E-state index contributed by atoms with van der Waals surface area (Å²) in [6.45, 7) is 0.897. The van der Waals surface area contributed by atoms with Crippen LogP contribution in [-0.2, 0) is 9.59 Å². The van der Waals surface area contributed by atoms with Gasteiger partial charge in [0.05, 0.1) is 18.4 Å². The van der Waals surface area contributed by atoms with Crippen molar-refractivity contribution in [1.29, 1.82) is 0 Å². The molecule has 2 aliphatic rings. The third-order valence-corrected chi connectivity index (χ3v) is 4.13. The Bertz CT molecular complexity index is 579. The van der Waals surface area contributed by atoms with Crippen molar-refractivity contribution in [3.05, 3.63) is 29.8 Å². The van der Waals surface area contributed by atoms with Gasteiger partial charge in [-0.1, -0.05) is 12.2 Å². The summed E-state index contributed by atoms with van der Waals surface area (Å²) in [4.78, 5) is 25.3. The van der Waals surface area contributed by atoms with E-state index in [4.69, 9.17) is 22.7 Å². The summed E-state index contributed by atoms with van der Waals surface area (Å²) >= 11 is 4.88. The van der Waals surface area contributed by atoms with Crippen molar-refractivity contribution in [2.24, 2.45) is 17.6 Å². The molecule has 1 saturated heterocycles. The van der Waals surface area contributed by atoms with Gasteiger partial charge in [-0.15, -0.1) is 0 Å². The van der Waals surface area contributed by atoms with Crippen LogP contribution in [0.4, 0.5) is 0 Å². The highest BCUT2D eigenvalue weighted by atomic mass is 32.1. The maximum absolute atomic E-state index is 11.8. The number of hydrogen-bond acceptors (Lipinski definition) is 4. The van der Waals surface area contributed by atoms with E-state index in [-0.39, 0.29) is 23.7 Å². The van der Waals surface area contributed by atoms with Gasteiger partial charge in [0.15, 0.2) is 0 Å². The van der Waals surface area contributed by atoms with E-state index in [1.165, 1.54) is 4.90 Å². The minimum atomic E-state index is -0.0222. The molecule has 0 spiro atoms. The summed E-state index contributed by atoms with van der Waals surface area (Å²) in [5.41, 5.74) is 6.31. The van der Waals surface area contributed by atoms with E-state index >= 15 is 0 Å². The van der Waals surface area contributed by atoms with Crippen LogP contribution in [0.5, 0.6) is 5.75 Å². The van der Waals surface area contributed by atoms with E-state index in [2.05, 4.69) is 0 Å². The molecule has 2 amide bonds. The van der Waals surface area contributed by atoms with Crippen LogP contribution < -0.4 is 10.5 Å². The second kappa shape index (κ2) is 5.44. The minimum Gasteiger partial charge on any atom is -0.494 e. The number of imide groups is 1. The molecule has 3 rings (SSSR count). The quantitative estimate of drug-likeness (QED) is 0.484. The molecule has 110 valence electrons. The topological polar surface area (TPSA) is 72.6 Å². The lowest BCUT2D eigenvalue weighted by Gasteiger charge is -2.16. The van der Waals surface area contributed by atoms with Gasteiger partial charge in [-0.3, -0.25) is 14.5 Å². The molecule has 1 aliphatic heterocycles. The smallest absolute Gasteiger partial charge is 0.233 e. The Kier molecular flexibility index (Phi) is 3.63. The average Bonchev–Trinajstić information content (AvgIpc) is 3.22. The lowest BCUT2D eigenvalue weighted by Crippen LogP contribution is -2.34. The second-order valence-electron chi connectivity index (χ2n) is 5.37. The molecule has 2 unspecified atom stereocenters. The second-order valence-corrected chi connectivity index (χ2v) is 5.81. The number of carbonyl (C=O) groups is 2. The third kappa shape index (κ3) is 2.76. The predicted octanol–water partition coefficient (Wildman–Crippen LogP) is 1.09. The molecule has 6 heteroatoms. The first-order chi connectivity index (χ1) is 10.1. The lowest BCUT2D eigenvalue weighted by atomic mass is 10.2. The van der Waals surface area contributed by atoms with E-state index < -0.39 is 0 Å². The van der Waals surface area contributed by atoms with Crippen LogP contribution in [0.2, 0.25) is 0 Å². The fourth-order valence-electron chi connectivity index (χ4n) is 2.60. The van der Waals surface area contributed by atoms with Crippen LogP contribution in [0.25, 0.3) is 0 Å². The monoisotopic (exact) mass is 304 g/mol. The zero-order chi connectivity index (χ0) is 15.0. The maximum atomic E-state index is 11.8. The number of rotatable bonds is 6. The van der Waals surface area contributed by atoms with Crippen LogP contribution in [-0.4, -0.2) is 34.9 Å². The van der Waals surface area contributed by atoms with Crippen LogP contribution in [0.3, 0.4) is 0 Å². The van der Waals surface area contributed by atoms with Gasteiger partial charge in [0.25, 0.3) is 0 Å². The number of nitrogens with zero attached hydrogens (tertiary/aromatic N) is 1. The first-order valence-electron chi connectivity index (χ1n) is 6.96. The molecule has 1 aliphatic carbocycles. The Balaban J connectivity index is 1.43. The van der Waals surface area contributed by atoms with E-state index in [0.717, 1.165) is 17.7 Å². The summed E-state index contributed by atoms with van der Waals surface area (Å²) in [7, 11) is 0. The van der Waals surface area contributed by atoms with Crippen LogP contribution in [0.15, 0.2) is 24.3 Å². The Labute approximate surface area is 128 Å². The number of ether oxygens (including phenoxy) is 1. The Hall–Kier alpha value is -1.95. The molecule has 2 atom stereocenters. The van der Waals surface area contributed by atoms with Gasteiger partial charge in [0, 0.05) is 12.1 Å². The zero-order valence-electron chi connectivity index (χ0n) is 11.5. The third-order valence-electron chi connectivity index (χ3n) is 3.89. The van der Waals surface area contributed by atoms with Crippen molar-refractivity contribution in [3.8, 4) is 5.75 Å². The van der Waals surface area contributed by atoms with Crippen LogP contribution in [0.1, 0.15) is 18.4 Å². The van der Waals surface area contributed by atoms with E-state index in [1.807, 2.05) is 0 Å². The van der Waals surface area contributed by atoms with Crippen molar-refractivity contribution in [2.45, 2.75) is 12.8 Å². The van der Waals surface area contributed by atoms with Crippen molar-refractivity contribution in [2.75, 3.05) is 13.2 Å². The first-order valence-corrected chi connectivity index (χ1v) is 7.36. The molecule has 0 radical (unpaired) electrons. The van der Waals surface area contributed by atoms with Gasteiger partial charge in [-0.05, 0) is 37.1 Å². The fourth-order valence-corrected chi connectivity index (χ4v) is 2.73. The molecular weight excluding hydrogens is 288 g/mol. The van der Waals surface area contributed by atoms with Gasteiger partial charge < -0.3 is 10.5 Å². The Morgan fingerprint density at radius 2 is 1.86 bits per heavy atom. The van der Waals surface area contributed by atoms with E-state index in [9.17, 15) is 9.59 Å². The van der Waals surface area contributed by atoms with Gasteiger partial charge in [0.1, 0.15) is 10.7 Å². The van der Waals surface area contributed by atoms with Gasteiger partial charge in [-0.25, -0.2) is 0 Å². The molecule has 1 aromatic rings. The fraction of sp³-hybridized carbons (Fsp3) is 0.400. The van der Waals surface area contributed by atoms with Crippen LogP contribution in [0, 0.1) is 11.8 Å². The highest BCUT2D eigenvalue weighted by molar-refractivity contribution is 7.80.